The van der Waals surface area contributed by atoms with Crippen LogP contribution in [-0.4, -0.2) is 23.5 Å². The molecule has 1 amide bonds. The highest BCUT2D eigenvalue weighted by Crippen LogP contribution is 2.37. The number of thiazole rings is 1. The van der Waals surface area contributed by atoms with E-state index in [1.807, 2.05) is 26.0 Å². The van der Waals surface area contributed by atoms with Gasteiger partial charge in [-0.1, -0.05) is 23.7 Å². The van der Waals surface area contributed by atoms with Crippen molar-refractivity contribution in [2.24, 2.45) is 0 Å². The van der Waals surface area contributed by atoms with Gasteiger partial charge in [-0.25, -0.2) is 4.98 Å². The van der Waals surface area contributed by atoms with Gasteiger partial charge in [0, 0.05) is 17.7 Å². The number of halogens is 1. The summed E-state index contributed by atoms with van der Waals surface area (Å²) in [5.41, 5.74) is 1.29. The van der Waals surface area contributed by atoms with Crippen molar-refractivity contribution in [3.05, 3.63) is 50.9 Å². The molecule has 0 saturated heterocycles. The molecule has 1 saturated carbocycles. The summed E-state index contributed by atoms with van der Waals surface area (Å²) in [4.78, 5) is 17.3. The number of carbonyl (C=O) groups excluding carboxylic acids is 1. The van der Waals surface area contributed by atoms with E-state index in [1.54, 1.807) is 6.20 Å². The number of nitrogens with zero attached hydrogens (tertiary/aromatic N) is 1. The lowest BCUT2D eigenvalue weighted by Crippen LogP contribution is -2.43. The third-order valence-electron chi connectivity index (χ3n) is 4.33. The number of amides is 1. The zero-order chi connectivity index (χ0) is 17.1. The van der Waals surface area contributed by atoms with Crippen LogP contribution in [0.25, 0.3) is 0 Å². The summed E-state index contributed by atoms with van der Waals surface area (Å²) in [7, 11) is 0. The molecule has 1 atom stereocenters. The maximum atomic E-state index is 12.3. The molecule has 4 nitrogen and oxygen atoms in total. The minimum atomic E-state index is -0.0699. The fraction of sp³-hybridized carbons (Fsp3) is 0.444. The van der Waals surface area contributed by atoms with E-state index in [2.05, 4.69) is 22.4 Å². The molecule has 24 heavy (non-hydrogen) atoms. The molecule has 0 aliphatic heterocycles. The van der Waals surface area contributed by atoms with Crippen LogP contribution in [0.1, 0.15) is 59.0 Å². The van der Waals surface area contributed by atoms with Crippen molar-refractivity contribution in [3.63, 3.8) is 0 Å². The average Bonchev–Trinajstić information content (AvgIpc) is 3.02. The monoisotopic (exact) mass is 364 g/mol. The standard InChI is InChI=1S/C18H21ClN2O2S/c1-3-23-11(2)18-20-10-16(24-18)17(22)21-15-8-13(9-15)12-4-6-14(19)7-5-12/h4-7,10-11,13,15H,3,8-9H2,1-2H3,(H,21,22). The molecular formula is C18H21ClN2O2S. The quantitative estimate of drug-likeness (QED) is 0.816. The van der Waals surface area contributed by atoms with E-state index in [0.29, 0.717) is 17.4 Å². The van der Waals surface area contributed by atoms with Gasteiger partial charge in [0.15, 0.2) is 0 Å². The molecule has 1 aromatic heterocycles. The number of aromatic nitrogens is 1. The second-order valence-electron chi connectivity index (χ2n) is 6.05. The Hall–Kier alpha value is -1.43. The number of hydrogen-bond acceptors (Lipinski definition) is 4. The Morgan fingerprint density at radius 3 is 2.79 bits per heavy atom. The van der Waals surface area contributed by atoms with Crippen LogP contribution >= 0.6 is 22.9 Å². The second-order valence-corrected chi connectivity index (χ2v) is 7.55. The smallest absolute Gasteiger partial charge is 0.263 e. The maximum absolute atomic E-state index is 12.3. The number of ether oxygens (including phenoxy) is 1. The van der Waals surface area contributed by atoms with Gasteiger partial charge in [0.2, 0.25) is 0 Å². The van der Waals surface area contributed by atoms with Gasteiger partial charge in [0.25, 0.3) is 5.91 Å². The Balaban J connectivity index is 1.51. The Labute approximate surface area is 151 Å². The topological polar surface area (TPSA) is 51.2 Å². The van der Waals surface area contributed by atoms with Crippen molar-refractivity contribution < 1.29 is 9.53 Å². The second kappa shape index (κ2) is 7.64. The fourth-order valence-electron chi connectivity index (χ4n) is 2.90. The van der Waals surface area contributed by atoms with E-state index in [0.717, 1.165) is 22.9 Å². The predicted octanol–water partition coefficient (Wildman–Crippen LogP) is 4.57. The molecule has 1 heterocycles. The van der Waals surface area contributed by atoms with Crippen molar-refractivity contribution in [2.75, 3.05) is 6.61 Å². The van der Waals surface area contributed by atoms with Gasteiger partial charge in [-0.05, 0) is 50.3 Å². The van der Waals surface area contributed by atoms with E-state index < -0.39 is 0 Å². The molecule has 0 spiro atoms. The minimum absolute atomic E-state index is 0.0398. The van der Waals surface area contributed by atoms with E-state index in [4.69, 9.17) is 16.3 Å². The summed E-state index contributed by atoms with van der Waals surface area (Å²) < 4.78 is 5.51. The Bertz CT molecular complexity index is 695. The van der Waals surface area contributed by atoms with E-state index in [1.165, 1.54) is 16.9 Å². The van der Waals surface area contributed by atoms with Crippen molar-refractivity contribution in [1.82, 2.24) is 10.3 Å². The van der Waals surface area contributed by atoms with Crippen molar-refractivity contribution >= 4 is 28.8 Å². The predicted molar refractivity (Wildman–Crippen MR) is 96.8 cm³/mol. The van der Waals surface area contributed by atoms with Crippen LogP contribution in [0.4, 0.5) is 0 Å². The number of benzene rings is 1. The summed E-state index contributed by atoms with van der Waals surface area (Å²) in [6, 6.07) is 8.20. The summed E-state index contributed by atoms with van der Waals surface area (Å²) in [5, 5.41) is 4.69. The molecule has 128 valence electrons. The molecule has 6 heteroatoms. The first kappa shape index (κ1) is 17.4. The molecular weight excluding hydrogens is 344 g/mol. The van der Waals surface area contributed by atoms with Crippen LogP contribution in [-0.2, 0) is 4.74 Å². The zero-order valence-electron chi connectivity index (χ0n) is 13.8. The van der Waals surface area contributed by atoms with Crippen LogP contribution in [0, 0.1) is 0 Å². The van der Waals surface area contributed by atoms with Gasteiger partial charge in [-0.3, -0.25) is 4.79 Å². The highest BCUT2D eigenvalue weighted by atomic mass is 35.5. The van der Waals surface area contributed by atoms with E-state index in [9.17, 15) is 4.79 Å². The average molecular weight is 365 g/mol. The summed E-state index contributed by atoms with van der Waals surface area (Å²) in [5.74, 6) is 0.463. The van der Waals surface area contributed by atoms with Crippen LogP contribution in [0.5, 0.6) is 0 Å². The van der Waals surface area contributed by atoms with Crippen LogP contribution < -0.4 is 5.32 Å². The molecule has 1 fully saturated rings. The van der Waals surface area contributed by atoms with Crippen molar-refractivity contribution in [1.29, 1.82) is 0 Å². The van der Waals surface area contributed by atoms with Gasteiger partial charge < -0.3 is 10.1 Å². The number of hydrogen-bond donors (Lipinski definition) is 1. The molecule has 1 aromatic carbocycles. The lowest BCUT2D eigenvalue weighted by Gasteiger charge is -2.36. The van der Waals surface area contributed by atoms with Gasteiger partial charge in [0.05, 0.1) is 6.20 Å². The fourth-order valence-corrected chi connectivity index (χ4v) is 3.85. The molecule has 3 rings (SSSR count). The van der Waals surface area contributed by atoms with Gasteiger partial charge in [-0.2, -0.15) is 0 Å². The first-order valence-electron chi connectivity index (χ1n) is 8.20. The van der Waals surface area contributed by atoms with E-state index >= 15 is 0 Å². The molecule has 1 aliphatic carbocycles. The summed E-state index contributed by atoms with van der Waals surface area (Å²) in [6.45, 7) is 4.54. The van der Waals surface area contributed by atoms with Crippen LogP contribution in [0.15, 0.2) is 30.5 Å². The molecule has 0 bridgehead atoms. The molecule has 2 aromatic rings. The third kappa shape index (κ3) is 3.97. The van der Waals surface area contributed by atoms with Gasteiger partial charge in [0.1, 0.15) is 16.0 Å². The molecule has 1 unspecified atom stereocenters. The van der Waals surface area contributed by atoms with Gasteiger partial charge in [-0.15, -0.1) is 11.3 Å². The Kier molecular flexibility index (Phi) is 5.54. The minimum Gasteiger partial charge on any atom is -0.372 e. The van der Waals surface area contributed by atoms with Crippen LogP contribution in [0.3, 0.4) is 0 Å². The summed E-state index contributed by atoms with van der Waals surface area (Å²) in [6.07, 6.45) is 3.50. The van der Waals surface area contributed by atoms with Crippen molar-refractivity contribution in [2.45, 2.75) is 44.8 Å². The molecule has 1 N–H and O–H groups in total. The Morgan fingerprint density at radius 2 is 2.12 bits per heavy atom. The first-order chi connectivity index (χ1) is 11.6. The highest BCUT2D eigenvalue weighted by Gasteiger charge is 2.31. The normalized spacial score (nSPS) is 21.1. The zero-order valence-corrected chi connectivity index (χ0v) is 15.4. The molecule has 1 aliphatic rings. The number of rotatable bonds is 6. The number of nitrogens with one attached hydrogen (secondary N) is 1. The van der Waals surface area contributed by atoms with E-state index in [-0.39, 0.29) is 18.1 Å². The highest BCUT2D eigenvalue weighted by molar-refractivity contribution is 7.13. The first-order valence-corrected chi connectivity index (χ1v) is 9.40. The maximum Gasteiger partial charge on any atom is 0.263 e. The molecule has 0 radical (unpaired) electrons. The Morgan fingerprint density at radius 1 is 1.42 bits per heavy atom. The third-order valence-corrected chi connectivity index (χ3v) is 5.74. The largest absolute Gasteiger partial charge is 0.372 e. The lowest BCUT2D eigenvalue weighted by atomic mass is 9.76. The van der Waals surface area contributed by atoms with Gasteiger partial charge >= 0.3 is 0 Å². The van der Waals surface area contributed by atoms with Crippen molar-refractivity contribution in [3.8, 4) is 0 Å². The van der Waals surface area contributed by atoms with Crippen LogP contribution in [0.2, 0.25) is 5.02 Å². The number of carbonyl (C=O) groups is 1. The SMILES string of the molecule is CCOC(C)c1ncc(C(=O)NC2CC(c3ccc(Cl)cc3)C2)s1. The summed E-state index contributed by atoms with van der Waals surface area (Å²) >= 11 is 7.32. The lowest BCUT2D eigenvalue weighted by molar-refractivity contribution is 0.0762.